The lowest BCUT2D eigenvalue weighted by atomic mass is 10.0. The van der Waals surface area contributed by atoms with Crippen molar-refractivity contribution >= 4 is 17.7 Å². The first-order valence-corrected chi connectivity index (χ1v) is 12.3. The number of carbonyl (C=O) groups excluding carboxylic acids is 1. The van der Waals surface area contributed by atoms with Crippen LogP contribution in [0.3, 0.4) is 0 Å². The minimum Gasteiger partial charge on any atom is -0.490 e. The Morgan fingerprint density at radius 1 is 1.03 bits per heavy atom. The average molecular weight is 466 g/mol. The first-order valence-electron chi connectivity index (χ1n) is 11.3. The quantitative estimate of drug-likeness (QED) is 0.492. The number of ether oxygens (including phenoxy) is 2. The first-order chi connectivity index (χ1) is 16.1. The van der Waals surface area contributed by atoms with E-state index in [9.17, 15) is 4.79 Å². The molecule has 1 amide bonds. The lowest BCUT2D eigenvalue weighted by Gasteiger charge is -2.25. The highest BCUT2D eigenvalue weighted by molar-refractivity contribution is 7.99. The van der Waals surface area contributed by atoms with Gasteiger partial charge in [-0.2, -0.15) is 0 Å². The lowest BCUT2D eigenvalue weighted by molar-refractivity contribution is -0.129. The van der Waals surface area contributed by atoms with Gasteiger partial charge in [-0.25, -0.2) is 0 Å². The molecule has 172 valence electrons. The smallest absolute Gasteiger partial charge is 0.277 e. The molecule has 3 heterocycles. The Kier molecular flexibility index (Phi) is 6.26. The average Bonchev–Trinajstić information content (AvgIpc) is 3.42. The molecule has 0 bridgehead atoms. The number of aryl methyl sites for hydroxylation is 2. The number of likely N-dealkylation sites (tertiary alicyclic amines) is 1. The number of nitrogens with zero attached hydrogens (tertiary/aromatic N) is 3. The van der Waals surface area contributed by atoms with Crippen LogP contribution in [0.15, 0.2) is 46.0 Å². The van der Waals surface area contributed by atoms with E-state index in [0.29, 0.717) is 24.3 Å². The summed E-state index contributed by atoms with van der Waals surface area (Å²) in [6, 6.07) is 12.2. The number of rotatable bonds is 5. The van der Waals surface area contributed by atoms with Gasteiger partial charge in [-0.05, 0) is 56.5 Å². The summed E-state index contributed by atoms with van der Waals surface area (Å²) in [5.74, 6) is 2.35. The van der Waals surface area contributed by atoms with E-state index < -0.39 is 0 Å². The van der Waals surface area contributed by atoms with Crippen molar-refractivity contribution in [2.45, 2.75) is 44.4 Å². The van der Waals surface area contributed by atoms with Gasteiger partial charge in [0.25, 0.3) is 5.22 Å². The zero-order valence-electron chi connectivity index (χ0n) is 18.9. The predicted molar refractivity (Wildman–Crippen MR) is 126 cm³/mol. The molecule has 1 saturated heterocycles. The van der Waals surface area contributed by atoms with E-state index in [1.54, 1.807) is 0 Å². The maximum atomic E-state index is 13.1. The molecule has 3 aromatic rings. The van der Waals surface area contributed by atoms with Crippen LogP contribution in [0.2, 0.25) is 0 Å². The van der Waals surface area contributed by atoms with Crippen molar-refractivity contribution in [1.82, 2.24) is 15.1 Å². The zero-order valence-corrected chi connectivity index (χ0v) is 19.7. The van der Waals surface area contributed by atoms with Crippen molar-refractivity contribution in [1.29, 1.82) is 0 Å². The number of benzene rings is 2. The standard InChI is InChI=1S/C25H27N3O4S/c1-16-11-17(2)13-19(12-16)24-26-27-25(32-24)33-15-23(29)28-8-3-5-20(28)18-6-7-21-22(14-18)31-10-4-9-30-21/h6-7,11-14,20H,3-5,8-10,15H2,1-2H3/t20-/m0/s1. The fraction of sp³-hybridized carbons (Fsp3) is 0.400. The van der Waals surface area contributed by atoms with Crippen molar-refractivity contribution in [3.8, 4) is 23.0 Å². The van der Waals surface area contributed by atoms with E-state index in [0.717, 1.165) is 59.6 Å². The molecule has 33 heavy (non-hydrogen) atoms. The number of fused-ring (bicyclic) bond motifs is 1. The summed E-state index contributed by atoms with van der Waals surface area (Å²) in [5, 5.41) is 8.70. The first kappa shape index (κ1) is 21.8. The second-order valence-electron chi connectivity index (χ2n) is 8.54. The van der Waals surface area contributed by atoms with Crippen LogP contribution in [0.25, 0.3) is 11.5 Å². The summed E-state index contributed by atoms with van der Waals surface area (Å²) in [5.41, 5.74) is 4.27. The molecule has 5 rings (SSSR count). The van der Waals surface area contributed by atoms with Crippen molar-refractivity contribution < 1.29 is 18.7 Å². The molecule has 2 aliphatic heterocycles. The fourth-order valence-corrected chi connectivity index (χ4v) is 5.14. The molecule has 2 aromatic carbocycles. The van der Waals surface area contributed by atoms with E-state index in [4.69, 9.17) is 13.9 Å². The van der Waals surface area contributed by atoms with Crippen LogP contribution in [0, 0.1) is 13.8 Å². The number of hydrogen-bond acceptors (Lipinski definition) is 7. The van der Waals surface area contributed by atoms with Crippen molar-refractivity contribution in [2.75, 3.05) is 25.5 Å². The molecule has 2 aliphatic rings. The third-order valence-electron chi connectivity index (χ3n) is 5.92. The van der Waals surface area contributed by atoms with Crippen molar-refractivity contribution in [3.63, 3.8) is 0 Å². The Bertz CT molecular complexity index is 1140. The Balaban J connectivity index is 1.25. The molecule has 1 aromatic heterocycles. The minimum absolute atomic E-state index is 0.0452. The molecular formula is C25H27N3O4S. The van der Waals surface area contributed by atoms with Gasteiger partial charge in [0.2, 0.25) is 11.8 Å². The summed E-state index contributed by atoms with van der Waals surface area (Å²) in [6.07, 6.45) is 2.79. The fourth-order valence-electron chi connectivity index (χ4n) is 4.49. The molecule has 0 unspecified atom stereocenters. The largest absolute Gasteiger partial charge is 0.490 e. The molecule has 8 heteroatoms. The highest BCUT2D eigenvalue weighted by Crippen LogP contribution is 2.38. The van der Waals surface area contributed by atoms with E-state index >= 15 is 0 Å². The van der Waals surface area contributed by atoms with Gasteiger partial charge in [0.15, 0.2) is 11.5 Å². The molecule has 1 atom stereocenters. The van der Waals surface area contributed by atoms with Crippen LogP contribution in [0.5, 0.6) is 11.5 Å². The topological polar surface area (TPSA) is 77.7 Å². The number of aromatic nitrogens is 2. The Morgan fingerprint density at radius 3 is 2.64 bits per heavy atom. The highest BCUT2D eigenvalue weighted by Gasteiger charge is 2.31. The minimum atomic E-state index is 0.0452. The Morgan fingerprint density at radius 2 is 1.82 bits per heavy atom. The molecule has 0 aliphatic carbocycles. The van der Waals surface area contributed by atoms with E-state index in [-0.39, 0.29) is 17.7 Å². The second kappa shape index (κ2) is 9.47. The predicted octanol–water partition coefficient (Wildman–Crippen LogP) is 4.97. The summed E-state index contributed by atoms with van der Waals surface area (Å²) in [7, 11) is 0. The van der Waals surface area contributed by atoms with Gasteiger partial charge in [0.05, 0.1) is 25.0 Å². The third kappa shape index (κ3) is 4.85. The van der Waals surface area contributed by atoms with Crippen LogP contribution in [-0.4, -0.2) is 46.5 Å². The van der Waals surface area contributed by atoms with E-state index in [1.807, 2.05) is 49.1 Å². The third-order valence-corrected chi connectivity index (χ3v) is 6.73. The number of carbonyl (C=O) groups is 1. The monoisotopic (exact) mass is 465 g/mol. The van der Waals surface area contributed by atoms with Crippen LogP contribution >= 0.6 is 11.8 Å². The molecule has 0 N–H and O–H groups in total. The number of thioether (sulfide) groups is 1. The van der Waals surface area contributed by atoms with Gasteiger partial charge < -0.3 is 18.8 Å². The van der Waals surface area contributed by atoms with Crippen molar-refractivity contribution in [2.24, 2.45) is 0 Å². The van der Waals surface area contributed by atoms with Crippen LogP contribution in [-0.2, 0) is 4.79 Å². The summed E-state index contributed by atoms with van der Waals surface area (Å²) >= 11 is 1.29. The van der Waals surface area contributed by atoms with Gasteiger partial charge in [-0.1, -0.05) is 35.0 Å². The van der Waals surface area contributed by atoms with E-state index in [2.05, 4.69) is 16.3 Å². The summed E-state index contributed by atoms with van der Waals surface area (Å²) < 4.78 is 17.4. The Labute approximate surface area is 197 Å². The molecule has 1 fully saturated rings. The van der Waals surface area contributed by atoms with Crippen LogP contribution in [0.4, 0.5) is 0 Å². The lowest BCUT2D eigenvalue weighted by Crippen LogP contribution is -2.32. The van der Waals surface area contributed by atoms with Gasteiger partial charge >= 0.3 is 0 Å². The van der Waals surface area contributed by atoms with Crippen LogP contribution in [0.1, 0.15) is 42.0 Å². The molecule has 7 nitrogen and oxygen atoms in total. The van der Waals surface area contributed by atoms with Crippen molar-refractivity contribution in [3.05, 3.63) is 53.1 Å². The maximum Gasteiger partial charge on any atom is 0.277 e. The molecule has 0 radical (unpaired) electrons. The van der Waals surface area contributed by atoms with Gasteiger partial charge in [0, 0.05) is 18.5 Å². The zero-order chi connectivity index (χ0) is 22.8. The number of amides is 1. The number of hydrogen-bond donors (Lipinski definition) is 0. The molecule has 0 saturated carbocycles. The van der Waals surface area contributed by atoms with Gasteiger partial charge in [-0.15, -0.1) is 10.2 Å². The Hall–Kier alpha value is -3.00. The summed E-state index contributed by atoms with van der Waals surface area (Å²) in [4.78, 5) is 15.0. The van der Waals surface area contributed by atoms with Gasteiger partial charge in [0.1, 0.15) is 0 Å². The summed E-state index contributed by atoms with van der Waals surface area (Å²) in [6.45, 7) is 6.14. The van der Waals surface area contributed by atoms with Crippen LogP contribution < -0.4 is 9.47 Å². The van der Waals surface area contributed by atoms with E-state index in [1.165, 1.54) is 11.8 Å². The normalized spacial score (nSPS) is 17.8. The highest BCUT2D eigenvalue weighted by atomic mass is 32.2. The maximum absolute atomic E-state index is 13.1. The molecule has 0 spiro atoms. The SMILES string of the molecule is Cc1cc(C)cc(-c2nnc(SCC(=O)N3CCC[C@H]3c3ccc4c(c3)OCCCO4)o2)c1. The second-order valence-corrected chi connectivity index (χ2v) is 9.47. The van der Waals surface area contributed by atoms with Gasteiger partial charge in [-0.3, -0.25) is 4.79 Å². The molecular weight excluding hydrogens is 438 g/mol.